The SMILES string of the molecule is CCC(CO)C(c1cc(C)c(C)cc1OC)N(C)C. The Kier molecular flexibility index (Phi) is 5.83. The average Bonchev–Trinajstić information content (AvgIpc) is 2.38. The van der Waals surface area contributed by atoms with Crippen LogP contribution < -0.4 is 4.74 Å². The Labute approximate surface area is 117 Å². The van der Waals surface area contributed by atoms with E-state index in [9.17, 15) is 5.11 Å². The Morgan fingerprint density at radius 3 is 2.21 bits per heavy atom. The quantitative estimate of drug-likeness (QED) is 0.858. The Bertz CT molecular complexity index is 411. The molecule has 0 aliphatic heterocycles. The molecule has 1 N–H and O–H groups in total. The lowest BCUT2D eigenvalue weighted by Gasteiger charge is -2.32. The van der Waals surface area contributed by atoms with Crippen molar-refractivity contribution >= 4 is 0 Å². The van der Waals surface area contributed by atoms with Crippen molar-refractivity contribution in [2.24, 2.45) is 5.92 Å². The Morgan fingerprint density at radius 2 is 1.79 bits per heavy atom. The molecule has 19 heavy (non-hydrogen) atoms. The van der Waals surface area contributed by atoms with Gasteiger partial charge in [0, 0.05) is 24.1 Å². The molecular weight excluding hydrogens is 238 g/mol. The summed E-state index contributed by atoms with van der Waals surface area (Å²) in [5.74, 6) is 1.12. The first kappa shape index (κ1) is 16.0. The topological polar surface area (TPSA) is 32.7 Å². The molecule has 3 nitrogen and oxygen atoms in total. The second-order valence-electron chi connectivity index (χ2n) is 5.44. The number of hydrogen-bond donors (Lipinski definition) is 1. The number of aliphatic hydroxyl groups excluding tert-OH is 1. The normalized spacial score (nSPS) is 14.5. The first-order valence-electron chi connectivity index (χ1n) is 6.88. The monoisotopic (exact) mass is 265 g/mol. The average molecular weight is 265 g/mol. The highest BCUT2D eigenvalue weighted by atomic mass is 16.5. The summed E-state index contributed by atoms with van der Waals surface area (Å²) in [6.07, 6.45) is 0.940. The predicted octanol–water partition coefficient (Wildman–Crippen LogP) is 2.93. The highest BCUT2D eigenvalue weighted by Crippen LogP contribution is 2.36. The number of methoxy groups -OCH3 is 1. The maximum atomic E-state index is 9.63. The number of hydrogen-bond acceptors (Lipinski definition) is 3. The standard InChI is InChI=1S/C16H27NO2/c1-7-13(10-18)16(17(4)5)14-8-11(2)12(3)9-15(14)19-6/h8-9,13,16,18H,7,10H2,1-6H3. The molecule has 0 aliphatic rings. The van der Waals surface area contributed by atoms with Crippen LogP contribution in [-0.2, 0) is 0 Å². The minimum Gasteiger partial charge on any atom is -0.496 e. The van der Waals surface area contributed by atoms with Crippen molar-refractivity contribution in [3.8, 4) is 5.75 Å². The van der Waals surface area contributed by atoms with Crippen LogP contribution in [0.5, 0.6) is 5.75 Å². The zero-order chi connectivity index (χ0) is 14.6. The highest BCUT2D eigenvalue weighted by Gasteiger charge is 2.26. The third kappa shape index (κ3) is 3.48. The number of aliphatic hydroxyl groups is 1. The molecule has 2 unspecified atom stereocenters. The number of nitrogens with zero attached hydrogens (tertiary/aromatic N) is 1. The van der Waals surface area contributed by atoms with Gasteiger partial charge in [0.1, 0.15) is 5.75 Å². The third-order valence-corrected chi connectivity index (χ3v) is 3.93. The van der Waals surface area contributed by atoms with Crippen molar-refractivity contribution in [3.05, 3.63) is 28.8 Å². The van der Waals surface area contributed by atoms with Crippen molar-refractivity contribution in [1.82, 2.24) is 4.90 Å². The molecule has 3 heteroatoms. The summed E-state index contributed by atoms with van der Waals surface area (Å²) in [6, 6.07) is 4.45. The Hall–Kier alpha value is -1.06. The molecular formula is C16H27NO2. The van der Waals surface area contributed by atoms with Gasteiger partial charge in [0.05, 0.1) is 7.11 Å². The van der Waals surface area contributed by atoms with E-state index in [1.165, 1.54) is 11.1 Å². The number of ether oxygens (including phenoxy) is 1. The first-order valence-corrected chi connectivity index (χ1v) is 6.88. The van der Waals surface area contributed by atoms with Crippen molar-refractivity contribution in [2.45, 2.75) is 33.2 Å². The number of rotatable bonds is 6. The summed E-state index contributed by atoms with van der Waals surface area (Å²) in [6.45, 7) is 6.51. The molecule has 0 radical (unpaired) electrons. The molecule has 1 aromatic rings. The largest absolute Gasteiger partial charge is 0.496 e. The third-order valence-electron chi connectivity index (χ3n) is 3.93. The number of benzene rings is 1. The van der Waals surface area contributed by atoms with Gasteiger partial charge in [-0.1, -0.05) is 13.0 Å². The summed E-state index contributed by atoms with van der Waals surface area (Å²) in [5.41, 5.74) is 3.65. The lowest BCUT2D eigenvalue weighted by Crippen LogP contribution is -2.29. The summed E-state index contributed by atoms with van der Waals surface area (Å²) in [4.78, 5) is 2.16. The fourth-order valence-electron chi connectivity index (χ4n) is 2.63. The second-order valence-corrected chi connectivity index (χ2v) is 5.44. The van der Waals surface area contributed by atoms with Gasteiger partial charge in [0.2, 0.25) is 0 Å². The van der Waals surface area contributed by atoms with Gasteiger partial charge in [-0.3, -0.25) is 0 Å². The van der Waals surface area contributed by atoms with Crippen LogP contribution in [0.3, 0.4) is 0 Å². The van der Waals surface area contributed by atoms with E-state index in [1.54, 1.807) is 7.11 Å². The van der Waals surface area contributed by atoms with Gasteiger partial charge < -0.3 is 14.7 Å². The number of aryl methyl sites for hydroxylation is 2. The molecule has 1 aromatic carbocycles. The lowest BCUT2D eigenvalue weighted by molar-refractivity contribution is 0.128. The van der Waals surface area contributed by atoms with Gasteiger partial charge in [-0.15, -0.1) is 0 Å². The molecule has 2 atom stereocenters. The van der Waals surface area contributed by atoms with Gasteiger partial charge in [0.15, 0.2) is 0 Å². The van der Waals surface area contributed by atoms with E-state index < -0.39 is 0 Å². The molecule has 1 rings (SSSR count). The fourth-order valence-corrected chi connectivity index (χ4v) is 2.63. The van der Waals surface area contributed by atoms with Gasteiger partial charge in [-0.05, 0) is 51.6 Å². The minimum atomic E-state index is 0.171. The smallest absolute Gasteiger partial charge is 0.123 e. The molecule has 0 heterocycles. The van der Waals surface area contributed by atoms with Crippen molar-refractivity contribution in [3.63, 3.8) is 0 Å². The van der Waals surface area contributed by atoms with E-state index in [4.69, 9.17) is 4.74 Å². The van der Waals surface area contributed by atoms with E-state index in [0.717, 1.165) is 17.7 Å². The van der Waals surface area contributed by atoms with Crippen LogP contribution in [0.2, 0.25) is 0 Å². The minimum absolute atomic E-state index is 0.171. The van der Waals surface area contributed by atoms with Crippen molar-refractivity contribution < 1.29 is 9.84 Å². The maximum Gasteiger partial charge on any atom is 0.123 e. The van der Waals surface area contributed by atoms with Crippen LogP contribution in [0.25, 0.3) is 0 Å². The van der Waals surface area contributed by atoms with Crippen LogP contribution in [-0.4, -0.2) is 37.8 Å². The fraction of sp³-hybridized carbons (Fsp3) is 0.625. The zero-order valence-electron chi connectivity index (χ0n) is 13.0. The van der Waals surface area contributed by atoms with Gasteiger partial charge in [0.25, 0.3) is 0 Å². The molecule has 0 saturated carbocycles. The second kappa shape index (κ2) is 6.92. The molecule has 0 amide bonds. The predicted molar refractivity (Wildman–Crippen MR) is 79.8 cm³/mol. The van der Waals surface area contributed by atoms with Gasteiger partial charge in [-0.2, -0.15) is 0 Å². The van der Waals surface area contributed by atoms with Crippen molar-refractivity contribution in [2.75, 3.05) is 27.8 Å². The summed E-state index contributed by atoms with van der Waals surface area (Å²) >= 11 is 0. The molecule has 0 bridgehead atoms. The summed E-state index contributed by atoms with van der Waals surface area (Å²) in [7, 11) is 5.81. The summed E-state index contributed by atoms with van der Waals surface area (Å²) < 4.78 is 5.54. The van der Waals surface area contributed by atoms with Crippen LogP contribution >= 0.6 is 0 Å². The van der Waals surface area contributed by atoms with E-state index >= 15 is 0 Å². The van der Waals surface area contributed by atoms with Crippen LogP contribution in [0, 0.1) is 19.8 Å². The van der Waals surface area contributed by atoms with E-state index in [2.05, 4.69) is 51.9 Å². The van der Waals surface area contributed by atoms with E-state index in [-0.39, 0.29) is 18.6 Å². The van der Waals surface area contributed by atoms with E-state index in [0.29, 0.717) is 0 Å². The Morgan fingerprint density at radius 1 is 1.21 bits per heavy atom. The summed E-state index contributed by atoms with van der Waals surface area (Å²) in [5, 5.41) is 9.63. The Balaban J connectivity index is 3.33. The lowest BCUT2D eigenvalue weighted by atomic mass is 9.88. The van der Waals surface area contributed by atoms with Crippen LogP contribution in [0.4, 0.5) is 0 Å². The van der Waals surface area contributed by atoms with Gasteiger partial charge in [-0.25, -0.2) is 0 Å². The highest BCUT2D eigenvalue weighted by molar-refractivity contribution is 5.43. The van der Waals surface area contributed by atoms with Crippen LogP contribution in [0.15, 0.2) is 12.1 Å². The molecule has 0 spiro atoms. The molecule has 108 valence electrons. The van der Waals surface area contributed by atoms with E-state index in [1.807, 2.05) is 0 Å². The molecule has 0 fully saturated rings. The van der Waals surface area contributed by atoms with Gasteiger partial charge >= 0.3 is 0 Å². The molecule has 0 aromatic heterocycles. The first-order chi connectivity index (χ1) is 8.96. The van der Waals surface area contributed by atoms with Crippen LogP contribution in [0.1, 0.15) is 36.1 Å². The molecule has 0 saturated heterocycles. The molecule has 0 aliphatic carbocycles. The van der Waals surface area contributed by atoms with Crippen molar-refractivity contribution in [1.29, 1.82) is 0 Å². The zero-order valence-corrected chi connectivity index (χ0v) is 13.0. The maximum absolute atomic E-state index is 9.63.